The lowest BCUT2D eigenvalue weighted by atomic mass is 9.90. The molecule has 0 aliphatic heterocycles. The van der Waals surface area contributed by atoms with E-state index in [9.17, 15) is 10.2 Å². The predicted molar refractivity (Wildman–Crippen MR) is 260 cm³/mol. The molecule has 2 N–H and O–H groups in total. The van der Waals surface area contributed by atoms with E-state index in [0.29, 0.717) is 31.1 Å². The quantitative estimate of drug-likeness (QED) is 0.0753. The second-order valence-electron chi connectivity index (χ2n) is 16.7. The number of allylic oxidation sites excluding steroid dienone is 1. The standard InChI is InChI=1S/C58H56O4/c1-6-8-9-17-41-29-33-54(52(35-41)48-23-15-25-50(58(48)60)56-40(5)28-31-44-19-11-13-21-46(44)56)62-37-42(16-7-2)36-61-53-32-26-38(3)34-51(53)47-22-14-24-49(57(47)59)55-39(4)27-30-43-18-10-12-20-45(43)55/h7,10-15,18-35,42,59-60H,2,6,8-9,16-17,36-37H2,1,3-5H3. The number of benzene rings is 8. The summed E-state index contributed by atoms with van der Waals surface area (Å²) in [6.45, 7) is 13.3. The molecule has 4 heteroatoms. The van der Waals surface area contributed by atoms with Gasteiger partial charge in [-0.15, -0.1) is 6.58 Å². The van der Waals surface area contributed by atoms with Gasteiger partial charge in [-0.3, -0.25) is 0 Å². The van der Waals surface area contributed by atoms with Gasteiger partial charge in [0.2, 0.25) is 0 Å². The molecule has 312 valence electrons. The Labute approximate surface area is 366 Å². The average Bonchev–Trinajstić information content (AvgIpc) is 3.28. The minimum atomic E-state index is -0.0322. The molecule has 0 heterocycles. The SMILES string of the molecule is C=CCC(COc1ccc(C)cc1-c1cccc(-c2c(C)ccc3ccccc23)c1O)COc1ccc(CCCCC)cc1-c1cccc(-c2c(C)ccc3ccccc23)c1O. The Hall–Kier alpha value is -6.78. The summed E-state index contributed by atoms with van der Waals surface area (Å²) in [7, 11) is 0. The molecule has 0 saturated carbocycles. The molecule has 8 rings (SSSR count). The molecule has 0 fully saturated rings. The lowest BCUT2D eigenvalue weighted by Crippen LogP contribution is -2.20. The fourth-order valence-electron chi connectivity index (χ4n) is 8.86. The molecule has 0 saturated heterocycles. The van der Waals surface area contributed by atoms with Crippen molar-refractivity contribution in [3.63, 3.8) is 0 Å². The zero-order valence-corrected chi connectivity index (χ0v) is 36.4. The molecule has 8 aromatic carbocycles. The topological polar surface area (TPSA) is 58.9 Å². The van der Waals surface area contributed by atoms with Crippen molar-refractivity contribution in [1.29, 1.82) is 0 Å². The fraction of sp³-hybridized carbons (Fsp3) is 0.207. The van der Waals surface area contributed by atoms with E-state index in [1.54, 1.807) is 0 Å². The number of hydrogen-bond donors (Lipinski definition) is 2. The average molecular weight is 817 g/mol. The molecule has 0 radical (unpaired) electrons. The van der Waals surface area contributed by atoms with Crippen LogP contribution in [0.5, 0.6) is 23.0 Å². The first-order chi connectivity index (χ1) is 30.2. The van der Waals surface area contributed by atoms with Gasteiger partial charge in [0.05, 0.1) is 13.2 Å². The largest absolute Gasteiger partial charge is 0.507 e. The fourth-order valence-corrected chi connectivity index (χ4v) is 8.86. The van der Waals surface area contributed by atoms with E-state index < -0.39 is 0 Å². The van der Waals surface area contributed by atoms with Gasteiger partial charge in [-0.05, 0) is 114 Å². The van der Waals surface area contributed by atoms with Gasteiger partial charge in [0.25, 0.3) is 0 Å². The highest BCUT2D eigenvalue weighted by Crippen LogP contribution is 2.46. The number of rotatable bonds is 16. The summed E-state index contributed by atoms with van der Waals surface area (Å²) in [4.78, 5) is 0. The Morgan fingerprint density at radius 1 is 0.532 bits per heavy atom. The monoisotopic (exact) mass is 816 g/mol. The van der Waals surface area contributed by atoms with Crippen molar-refractivity contribution < 1.29 is 19.7 Å². The van der Waals surface area contributed by atoms with Crippen LogP contribution in [-0.2, 0) is 6.42 Å². The second kappa shape index (κ2) is 18.9. The van der Waals surface area contributed by atoms with Crippen molar-refractivity contribution >= 4 is 21.5 Å². The first-order valence-corrected chi connectivity index (χ1v) is 22.0. The van der Waals surface area contributed by atoms with Crippen LogP contribution < -0.4 is 9.47 Å². The Morgan fingerprint density at radius 2 is 1.05 bits per heavy atom. The number of aryl methyl sites for hydroxylation is 4. The third-order valence-electron chi connectivity index (χ3n) is 12.2. The smallest absolute Gasteiger partial charge is 0.131 e. The van der Waals surface area contributed by atoms with Crippen LogP contribution in [-0.4, -0.2) is 23.4 Å². The molecule has 8 aromatic rings. The Bertz CT molecular complexity index is 2890. The van der Waals surface area contributed by atoms with Crippen LogP contribution in [0.4, 0.5) is 0 Å². The van der Waals surface area contributed by atoms with Gasteiger partial charge in [-0.25, -0.2) is 0 Å². The molecule has 0 aromatic heterocycles. The number of unbranched alkanes of at least 4 members (excludes halogenated alkanes) is 2. The maximum Gasteiger partial charge on any atom is 0.131 e. The van der Waals surface area contributed by atoms with Gasteiger partial charge in [-0.2, -0.15) is 0 Å². The number of fused-ring (bicyclic) bond motifs is 2. The van der Waals surface area contributed by atoms with Gasteiger partial charge in [0.1, 0.15) is 23.0 Å². The van der Waals surface area contributed by atoms with Crippen molar-refractivity contribution in [3.8, 4) is 67.5 Å². The zero-order chi connectivity index (χ0) is 43.2. The van der Waals surface area contributed by atoms with Gasteiger partial charge >= 0.3 is 0 Å². The number of para-hydroxylation sites is 2. The predicted octanol–water partition coefficient (Wildman–Crippen LogP) is 15.4. The van der Waals surface area contributed by atoms with Crippen molar-refractivity contribution in [3.05, 3.63) is 181 Å². The summed E-state index contributed by atoms with van der Waals surface area (Å²) < 4.78 is 13.4. The highest BCUT2D eigenvalue weighted by molar-refractivity contribution is 6.02. The number of hydrogen-bond acceptors (Lipinski definition) is 4. The van der Waals surface area contributed by atoms with Crippen LogP contribution in [0.1, 0.15) is 54.9 Å². The third-order valence-corrected chi connectivity index (χ3v) is 12.2. The lowest BCUT2D eigenvalue weighted by molar-refractivity contribution is 0.179. The number of phenolic OH excluding ortho intramolecular Hbond substituents is 2. The number of aromatic hydroxyl groups is 2. The van der Waals surface area contributed by atoms with Crippen LogP contribution in [0.2, 0.25) is 0 Å². The van der Waals surface area contributed by atoms with Gasteiger partial charge < -0.3 is 19.7 Å². The molecule has 0 bridgehead atoms. The summed E-state index contributed by atoms with van der Waals surface area (Å²) in [5.74, 6) is 1.83. The molecule has 4 nitrogen and oxygen atoms in total. The summed E-state index contributed by atoms with van der Waals surface area (Å²) in [6, 6.07) is 49.7. The highest BCUT2D eigenvalue weighted by atomic mass is 16.5. The molecule has 62 heavy (non-hydrogen) atoms. The normalized spacial score (nSPS) is 11.8. The summed E-state index contributed by atoms with van der Waals surface area (Å²) in [5.41, 5.74) is 11.3. The summed E-state index contributed by atoms with van der Waals surface area (Å²) in [5, 5.41) is 28.7. The minimum absolute atomic E-state index is 0.0322. The van der Waals surface area contributed by atoms with Gasteiger partial charge in [-0.1, -0.05) is 153 Å². The van der Waals surface area contributed by atoms with Gasteiger partial charge in [0, 0.05) is 39.3 Å². The van der Waals surface area contributed by atoms with E-state index in [0.717, 1.165) is 108 Å². The van der Waals surface area contributed by atoms with Crippen LogP contribution >= 0.6 is 0 Å². The molecule has 0 aliphatic rings. The van der Waals surface area contributed by atoms with E-state index in [1.807, 2.05) is 72.8 Å². The maximum atomic E-state index is 12.2. The van der Waals surface area contributed by atoms with Crippen molar-refractivity contribution in [1.82, 2.24) is 0 Å². The zero-order valence-electron chi connectivity index (χ0n) is 36.4. The Morgan fingerprint density at radius 3 is 1.60 bits per heavy atom. The van der Waals surface area contributed by atoms with Crippen LogP contribution in [0.25, 0.3) is 66.1 Å². The number of phenols is 2. The molecular weight excluding hydrogens is 761 g/mol. The first kappa shape index (κ1) is 41.9. The molecule has 0 amide bonds. The van der Waals surface area contributed by atoms with E-state index in [-0.39, 0.29) is 17.4 Å². The van der Waals surface area contributed by atoms with Gasteiger partial charge in [0.15, 0.2) is 0 Å². The first-order valence-electron chi connectivity index (χ1n) is 22.0. The lowest BCUT2D eigenvalue weighted by Gasteiger charge is -2.22. The molecular formula is C58H56O4. The molecule has 1 atom stereocenters. The van der Waals surface area contributed by atoms with Crippen LogP contribution in [0.15, 0.2) is 158 Å². The van der Waals surface area contributed by atoms with E-state index in [4.69, 9.17) is 9.47 Å². The Kier molecular flexibility index (Phi) is 12.8. The van der Waals surface area contributed by atoms with Crippen molar-refractivity contribution in [2.45, 2.75) is 59.8 Å². The maximum absolute atomic E-state index is 12.2. The minimum Gasteiger partial charge on any atom is -0.507 e. The number of ether oxygens (including phenoxy) is 2. The van der Waals surface area contributed by atoms with Crippen molar-refractivity contribution in [2.24, 2.45) is 5.92 Å². The van der Waals surface area contributed by atoms with E-state index in [1.165, 1.54) is 5.56 Å². The Balaban J connectivity index is 1.09. The second-order valence-corrected chi connectivity index (χ2v) is 16.7. The molecule has 1 unspecified atom stereocenters. The summed E-state index contributed by atoms with van der Waals surface area (Å²) in [6.07, 6.45) is 6.95. The molecule has 0 spiro atoms. The summed E-state index contributed by atoms with van der Waals surface area (Å²) >= 11 is 0. The van der Waals surface area contributed by atoms with Crippen molar-refractivity contribution in [2.75, 3.05) is 13.2 Å². The molecule has 0 aliphatic carbocycles. The van der Waals surface area contributed by atoms with Crippen LogP contribution in [0.3, 0.4) is 0 Å². The van der Waals surface area contributed by atoms with Crippen LogP contribution in [0, 0.1) is 26.7 Å². The van der Waals surface area contributed by atoms with E-state index >= 15 is 0 Å². The highest BCUT2D eigenvalue weighted by Gasteiger charge is 2.21. The third kappa shape index (κ3) is 8.69. The van der Waals surface area contributed by atoms with E-state index in [2.05, 4.69) is 113 Å².